The van der Waals surface area contributed by atoms with Gasteiger partial charge in [0, 0.05) is 28.6 Å². The van der Waals surface area contributed by atoms with Gasteiger partial charge in [0.25, 0.3) is 0 Å². The van der Waals surface area contributed by atoms with Gasteiger partial charge in [0.2, 0.25) is 5.88 Å². The average molecular weight is 338 g/mol. The van der Waals surface area contributed by atoms with Crippen molar-refractivity contribution >= 4 is 34.0 Å². The van der Waals surface area contributed by atoms with Crippen LogP contribution in [0.3, 0.4) is 0 Å². The second kappa shape index (κ2) is 7.14. The lowest BCUT2D eigenvalue weighted by molar-refractivity contribution is 0.399. The van der Waals surface area contributed by atoms with Gasteiger partial charge in [-0.2, -0.15) is 0 Å². The molecule has 0 radical (unpaired) electrons. The molecule has 124 valence electrons. The number of ether oxygens (including phenoxy) is 1. The second-order valence-corrected chi connectivity index (χ2v) is 7.51. The van der Waals surface area contributed by atoms with Gasteiger partial charge in [-0.3, -0.25) is 0 Å². The number of para-hydroxylation sites is 2. The summed E-state index contributed by atoms with van der Waals surface area (Å²) < 4.78 is 5.31. The molecule has 0 spiro atoms. The van der Waals surface area contributed by atoms with Crippen molar-refractivity contribution in [3.63, 3.8) is 0 Å². The normalized spacial score (nSPS) is 11.0. The van der Waals surface area contributed by atoms with E-state index in [4.69, 9.17) is 4.74 Å². The molecule has 0 amide bonds. The molecule has 1 aromatic heterocycles. The van der Waals surface area contributed by atoms with Crippen LogP contribution in [0.1, 0.15) is 13.8 Å². The Labute approximate surface area is 147 Å². The zero-order chi connectivity index (χ0) is 17.1. The van der Waals surface area contributed by atoms with Gasteiger partial charge in [-0.15, -0.1) is 11.8 Å². The fourth-order valence-electron chi connectivity index (χ4n) is 2.72. The minimum Gasteiger partial charge on any atom is -0.481 e. The Morgan fingerprint density at radius 3 is 2.46 bits per heavy atom. The van der Waals surface area contributed by atoms with E-state index in [-0.39, 0.29) is 0 Å². The van der Waals surface area contributed by atoms with Crippen molar-refractivity contribution in [1.29, 1.82) is 0 Å². The molecule has 0 N–H and O–H groups in total. The van der Waals surface area contributed by atoms with E-state index in [2.05, 4.69) is 73.2 Å². The summed E-state index contributed by atoms with van der Waals surface area (Å²) >= 11 is 1.87. The topological polar surface area (TPSA) is 25.4 Å². The maximum atomic E-state index is 5.31. The van der Waals surface area contributed by atoms with Crippen molar-refractivity contribution in [1.82, 2.24) is 4.98 Å². The molecule has 0 bridgehead atoms. The first-order valence-electron chi connectivity index (χ1n) is 8.03. The van der Waals surface area contributed by atoms with E-state index in [1.807, 2.05) is 23.9 Å². The number of benzene rings is 2. The predicted octanol–water partition coefficient (Wildman–Crippen LogP) is 5.51. The van der Waals surface area contributed by atoms with Crippen molar-refractivity contribution in [3.05, 3.63) is 54.6 Å². The number of methoxy groups -OCH3 is 1. The highest BCUT2D eigenvalue weighted by atomic mass is 32.2. The molecule has 0 fully saturated rings. The Balaban J connectivity index is 2.11. The van der Waals surface area contributed by atoms with Crippen LogP contribution in [-0.2, 0) is 0 Å². The minimum atomic E-state index is 0.533. The zero-order valence-corrected chi connectivity index (χ0v) is 15.3. The Bertz CT molecular complexity index is 848. The van der Waals surface area contributed by atoms with Gasteiger partial charge in [0.05, 0.1) is 24.0 Å². The molecule has 2 aromatic carbocycles. The number of fused-ring (bicyclic) bond motifs is 1. The highest BCUT2D eigenvalue weighted by Crippen LogP contribution is 2.37. The molecule has 3 nitrogen and oxygen atoms in total. The van der Waals surface area contributed by atoms with Gasteiger partial charge >= 0.3 is 0 Å². The van der Waals surface area contributed by atoms with Gasteiger partial charge in [-0.1, -0.05) is 38.1 Å². The smallest absolute Gasteiger partial charge is 0.213 e. The fraction of sp³-hybridized carbons (Fsp3) is 0.250. The Morgan fingerprint density at radius 1 is 0.958 bits per heavy atom. The van der Waals surface area contributed by atoms with Gasteiger partial charge < -0.3 is 9.64 Å². The van der Waals surface area contributed by atoms with Gasteiger partial charge in [-0.25, -0.2) is 4.98 Å². The fourth-order valence-corrected chi connectivity index (χ4v) is 3.71. The van der Waals surface area contributed by atoms with Gasteiger partial charge in [0.1, 0.15) is 0 Å². The number of anilines is 2. The SMILES string of the molecule is COc1ccc2cccc(N(C)c3ccccc3SC(C)C)c2n1. The summed E-state index contributed by atoms with van der Waals surface area (Å²) in [5.41, 5.74) is 3.21. The van der Waals surface area contributed by atoms with Crippen molar-refractivity contribution in [2.45, 2.75) is 24.0 Å². The standard InChI is InChI=1S/C20H22N2OS/c1-14(2)24-18-11-6-5-9-16(18)22(3)17-10-7-8-15-12-13-19(23-4)21-20(15)17/h5-14H,1-4H3. The number of pyridine rings is 1. The summed E-state index contributed by atoms with van der Waals surface area (Å²) in [6.07, 6.45) is 0. The van der Waals surface area contributed by atoms with Gasteiger partial charge in [0.15, 0.2) is 0 Å². The van der Waals surface area contributed by atoms with E-state index < -0.39 is 0 Å². The number of aromatic nitrogens is 1. The minimum absolute atomic E-state index is 0.533. The van der Waals surface area contributed by atoms with Crippen molar-refractivity contribution in [2.75, 3.05) is 19.1 Å². The monoisotopic (exact) mass is 338 g/mol. The first-order chi connectivity index (χ1) is 11.6. The van der Waals surface area contributed by atoms with Crippen molar-refractivity contribution in [3.8, 4) is 5.88 Å². The maximum Gasteiger partial charge on any atom is 0.213 e. The molecule has 0 aliphatic carbocycles. The summed E-state index contributed by atoms with van der Waals surface area (Å²) in [6.45, 7) is 4.43. The molecule has 0 aliphatic heterocycles. The number of thioether (sulfide) groups is 1. The van der Waals surface area contributed by atoms with Gasteiger partial charge in [-0.05, 0) is 24.3 Å². The van der Waals surface area contributed by atoms with E-state index >= 15 is 0 Å². The van der Waals surface area contributed by atoms with Crippen LogP contribution in [0, 0.1) is 0 Å². The first-order valence-corrected chi connectivity index (χ1v) is 8.91. The van der Waals surface area contributed by atoms with E-state index in [1.165, 1.54) is 10.6 Å². The van der Waals surface area contributed by atoms with Crippen LogP contribution in [0.4, 0.5) is 11.4 Å². The van der Waals surface area contributed by atoms with E-state index in [1.54, 1.807) is 7.11 Å². The molecule has 1 heterocycles. The zero-order valence-electron chi connectivity index (χ0n) is 14.5. The summed E-state index contributed by atoms with van der Waals surface area (Å²) in [5, 5.41) is 1.64. The summed E-state index contributed by atoms with van der Waals surface area (Å²) in [4.78, 5) is 8.14. The number of rotatable bonds is 5. The molecule has 0 unspecified atom stereocenters. The van der Waals surface area contributed by atoms with E-state index in [9.17, 15) is 0 Å². The molecule has 0 saturated carbocycles. The first kappa shape index (κ1) is 16.7. The molecule has 0 aliphatic rings. The molecule has 0 atom stereocenters. The quantitative estimate of drug-likeness (QED) is 0.573. The lowest BCUT2D eigenvalue weighted by atomic mass is 10.1. The Kier molecular flexibility index (Phi) is 4.95. The largest absolute Gasteiger partial charge is 0.481 e. The maximum absolute atomic E-state index is 5.31. The summed E-state index contributed by atoms with van der Waals surface area (Å²) in [5.74, 6) is 0.633. The van der Waals surface area contributed by atoms with Crippen LogP contribution in [0.2, 0.25) is 0 Å². The number of nitrogens with zero attached hydrogens (tertiary/aromatic N) is 2. The molecular formula is C20H22N2OS. The average Bonchev–Trinajstić information content (AvgIpc) is 2.60. The van der Waals surface area contributed by atoms with Crippen LogP contribution in [0.25, 0.3) is 10.9 Å². The molecule has 4 heteroatoms. The van der Waals surface area contributed by atoms with Crippen LogP contribution < -0.4 is 9.64 Å². The van der Waals surface area contributed by atoms with E-state index in [0.29, 0.717) is 11.1 Å². The third-order valence-electron chi connectivity index (χ3n) is 3.83. The molecular weight excluding hydrogens is 316 g/mol. The van der Waals surface area contributed by atoms with E-state index in [0.717, 1.165) is 16.6 Å². The predicted molar refractivity (Wildman–Crippen MR) is 104 cm³/mol. The van der Waals surface area contributed by atoms with Crippen molar-refractivity contribution in [2.24, 2.45) is 0 Å². The molecule has 3 aromatic rings. The second-order valence-electron chi connectivity index (χ2n) is 5.90. The summed E-state index contributed by atoms with van der Waals surface area (Å²) in [6, 6.07) is 18.7. The third-order valence-corrected chi connectivity index (χ3v) is 4.90. The highest BCUT2D eigenvalue weighted by molar-refractivity contribution is 8.00. The summed E-state index contributed by atoms with van der Waals surface area (Å²) in [7, 11) is 3.74. The van der Waals surface area contributed by atoms with Crippen LogP contribution in [-0.4, -0.2) is 24.4 Å². The number of hydrogen-bond donors (Lipinski definition) is 0. The van der Waals surface area contributed by atoms with Crippen LogP contribution in [0.15, 0.2) is 59.5 Å². The van der Waals surface area contributed by atoms with Crippen LogP contribution in [0.5, 0.6) is 5.88 Å². The Hall–Kier alpha value is -2.20. The highest BCUT2D eigenvalue weighted by Gasteiger charge is 2.14. The van der Waals surface area contributed by atoms with Crippen molar-refractivity contribution < 1.29 is 4.74 Å². The number of hydrogen-bond acceptors (Lipinski definition) is 4. The molecule has 3 rings (SSSR count). The third kappa shape index (κ3) is 3.34. The lowest BCUT2D eigenvalue weighted by Crippen LogP contribution is -2.11. The lowest BCUT2D eigenvalue weighted by Gasteiger charge is -2.24. The van der Waals surface area contributed by atoms with Crippen LogP contribution >= 0.6 is 11.8 Å². The molecule has 0 saturated heterocycles. The molecule has 24 heavy (non-hydrogen) atoms. The Morgan fingerprint density at radius 2 is 1.71 bits per heavy atom.